The third-order valence-electron chi connectivity index (χ3n) is 1.90. The Hall–Kier alpha value is -2.50. The highest BCUT2D eigenvalue weighted by atomic mass is 16.6. The molecule has 1 aromatic carbocycles. The predicted octanol–water partition coefficient (Wildman–Crippen LogP) is 1.78. The van der Waals surface area contributed by atoms with E-state index in [0.29, 0.717) is 0 Å². The maximum absolute atomic E-state index is 10.9. The van der Waals surface area contributed by atoms with Gasteiger partial charge in [0.1, 0.15) is 0 Å². The van der Waals surface area contributed by atoms with Crippen LogP contribution in [0.25, 0.3) is 0 Å². The van der Waals surface area contributed by atoms with E-state index in [1.54, 1.807) is 6.21 Å². The van der Waals surface area contributed by atoms with Crippen LogP contribution in [-0.2, 0) is 4.79 Å². The topological polar surface area (TPSA) is 80.4 Å². The van der Waals surface area contributed by atoms with Crippen LogP contribution >= 0.6 is 0 Å². The quantitative estimate of drug-likeness (QED) is 0.815. The zero-order valence-corrected chi connectivity index (χ0v) is 9.12. The molecule has 0 saturated heterocycles. The summed E-state index contributed by atoms with van der Waals surface area (Å²) < 4.78 is 4.51. The van der Waals surface area contributed by atoms with E-state index in [9.17, 15) is 4.79 Å². The normalized spacial score (nSPS) is 10.6. The number of benzene rings is 1. The molecular formula is C11H10N4O2. The van der Waals surface area contributed by atoms with Crippen molar-refractivity contribution in [2.24, 2.45) is 4.99 Å². The van der Waals surface area contributed by atoms with Crippen molar-refractivity contribution in [2.45, 2.75) is 6.92 Å². The number of hydrogen-bond acceptors (Lipinski definition) is 5. The van der Waals surface area contributed by atoms with Gasteiger partial charge >= 0.3 is 0 Å². The summed E-state index contributed by atoms with van der Waals surface area (Å²) in [5, 5.41) is 9.59. The van der Waals surface area contributed by atoms with E-state index in [2.05, 4.69) is 25.3 Å². The Morgan fingerprint density at radius 2 is 2.12 bits per heavy atom. The Morgan fingerprint density at radius 1 is 1.35 bits per heavy atom. The molecule has 0 fully saturated rings. The summed E-state index contributed by atoms with van der Waals surface area (Å²) >= 11 is 0. The molecule has 86 valence electrons. The highest BCUT2D eigenvalue weighted by molar-refractivity contribution is 5.91. The molecule has 0 unspecified atom stereocenters. The third kappa shape index (κ3) is 2.97. The predicted molar refractivity (Wildman–Crippen MR) is 62.3 cm³/mol. The Morgan fingerprint density at radius 3 is 2.82 bits per heavy atom. The fourth-order valence-electron chi connectivity index (χ4n) is 1.19. The van der Waals surface area contributed by atoms with Crippen LogP contribution in [0.4, 0.5) is 11.6 Å². The number of anilines is 1. The van der Waals surface area contributed by atoms with E-state index >= 15 is 0 Å². The van der Waals surface area contributed by atoms with Crippen LogP contribution in [0.15, 0.2) is 40.0 Å². The number of carbonyl (C=O) groups is 1. The van der Waals surface area contributed by atoms with Crippen molar-refractivity contribution in [1.29, 1.82) is 0 Å². The number of aliphatic imine (C=N–C) groups is 1. The minimum Gasteiger partial charge on any atom is -0.305 e. The molecule has 2 rings (SSSR count). The Labute approximate surface area is 97.3 Å². The van der Waals surface area contributed by atoms with Crippen LogP contribution in [0.3, 0.4) is 0 Å². The smallest absolute Gasteiger partial charge is 0.241 e. The first-order valence-corrected chi connectivity index (χ1v) is 4.95. The monoisotopic (exact) mass is 230 g/mol. The van der Waals surface area contributed by atoms with Crippen LogP contribution < -0.4 is 5.32 Å². The number of rotatable bonds is 3. The van der Waals surface area contributed by atoms with Crippen molar-refractivity contribution in [3.63, 3.8) is 0 Å². The van der Waals surface area contributed by atoms with Gasteiger partial charge < -0.3 is 5.32 Å². The molecule has 17 heavy (non-hydrogen) atoms. The molecule has 1 aromatic heterocycles. The number of nitrogens with zero attached hydrogens (tertiary/aromatic N) is 3. The Bertz CT molecular complexity index is 533. The van der Waals surface area contributed by atoms with Crippen LogP contribution in [0.2, 0.25) is 0 Å². The number of hydrogen-bond donors (Lipinski definition) is 1. The van der Waals surface area contributed by atoms with E-state index in [1.807, 2.05) is 30.3 Å². The van der Waals surface area contributed by atoms with Gasteiger partial charge in [-0.1, -0.05) is 30.3 Å². The van der Waals surface area contributed by atoms with Gasteiger partial charge in [-0.3, -0.25) is 4.79 Å². The van der Waals surface area contributed by atoms with Gasteiger partial charge in [0.2, 0.25) is 17.5 Å². The summed E-state index contributed by atoms with van der Waals surface area (Å²) in [5.74, 6) is 0.200. The minimum absolute atomic E-state index is 0.213. The van der Waals surface area contributed by atoms with Crippen molar-refractivity contribution >= 4 is 23.8 Å². The second-order valence-corrected chi connectivity index (χ2v) is 3.29. The first kappa shape index (κ1) is 11.0. The summed E-state index contributed by atoms with van der Waals surface area (Å²) in [4.78, 5) is 14.9. The summed E-state index contributed by atoms with van der Waals surface area (Å²) in [6.45, 7) is 1.37. The van der Waals surface area contributed by atoms with E-state index in [0.717, 1.165) is 5.56 Å². The SMILES string of the molecule is CC(=O)Nc1nonc1N=Cc1ccccc1. The van der Waals surface area contributed by atoms with Crippen molar-refractivity contribution in [3.05, 3.63) is 35.9 Å². The fraction of sp³-hybridized carbons (Fsp3) is 0.0909. The lowest BCUT2D eigenvalue weighted by Gasteiger charge is -1.94. The first-order valence-electron chi connectivity index (χ1n) is 4.95. The molecule has 0 radical (unpaired) electrons. The second-order valence-electron chi connectivity index (χ2n) is 3.29. The number of nitrogens with one attached hydrogen (secondary N) is 1. The molecule has 0 aliphatic heterocycles. The van der Waals surface area contributed by atoms with E-state index in [1.165, 1.54) is 6.92 Å². The van der Waals surface area contributed by atoms with Gasteiger partial charge in [-0.2, -0.15) is 0 Å². The Kier molecular flexibility index (Phi) is 3.25. The first-order chi connectivity index (χ1) is 8.25. The molecule has 0 aliphatic rings. The van der Waals surface area contributed by atoms with Crippen molar-refractivity contribution in [1.82, 2.24) is 10.3 Å². The number of aromatic nitrogens is 2. The van der Waals surface area contributed by atoms with Crippen molar-refractivity contribution in [3.8, 4) is 0 Å². The average molecular weight is 230 g/mol. The highest BCUT2D eigenvalue weighted by Crippen LogP contribution is 2.18. The zero-order valence-electron chi connectivity index (χ0n) is 9.12. The maximum Gasteiger partial charge on any atom is 0.241 e. The molecule has 0 spiro atoms. The Balaban J connectivity index is 2.16. The zero-order chi connectivity index (χ0) is 12.1. The van der Waals surface area contributed by atoms with Crippen LogP contribution in [-0.4, -0.2) is 22.4 Å². The summed E-state index contributed by atoms with van der Waals surface area (Å²) in [6, 6.07) is 9.51. The van der Waals surface area contributed by atoms with Gasteiger partial charge in [0.25, 0.3) is 0 Å². The van der Waals surface area contributed by atoms with Crippen LogP contribution in [0.1, 0.15) is 12.5 Å². The second kappa shape index (κ2) is 5.02. The summed E-state index contributed by atoms with van der Waals surface area (Å²) in [6.07, 6.45) is 1.62. The summed E-state index contributed by atoms with van der Waals surface area (Å²) in [5.41, 5.74) is 0.921. The molecule has 6 heteroatoms. The average Bonchev–Trinajstić information content (AvgIpc) is 2.74. The largest absolute Gasteiger partial charge is 0.305 e. The third-order valence-corrected chi connectivity index (χ3v) is 1.90. The molecule has 2 aromatic rings. The van der Waals surface area contributed by atoms with E-state index in [4.69, 9.17) is 0 Å². The number of amides is 1. The van der Waals surface area contributed by atoms with Crippen molar-refractivity contribution < 1.29 is 9.42 Å². The lowest BCUT2D eigenvalue weighted by Crippen LogP contribution is -2.05. The van der Waals surface area contributed by atoms with Gasteiger partial charge in [-0.15, -0.1) is 0 Å². The van der Waals surface area contributed by atoms with Crippen molar-refractivity contribution in [2.75, 3.05) is 5.32 Å². The molecule has 0 atom stereocenters. The lowest BCUT2D eigenvalue weighted by molar-refractivity contribution is -0.114. The standard InChI is InChI=1S/C11H10N4O2/c1-8(16)13-11-10(14-17-15-11)12-7-9-5-3-2-4-6-9/h2-7H,1H3,(H,13,15,16). The number of carbonyl (C=O) groups excluding carboxylic acids is 1. The minimum atomic E-state index is -0.253. The van der Waals surface area contributed by atoms with Crippen LogP contribution in [0.5, 0.6) is 0 Å². The van der Waals surface area contributed by atoms with Crippen LogP contribution in [0, 0.1) is 0 Å². The van der Waals surface area contributed by atoms with Gasteiger partial charge in [0.15, 0.2) is 0 Å². The van der Waals surface area contributed by atoms with Gasteiger partial charge in [-0.05, 0) is 15.9 Å². The fourth-order valence-corrected chi connectivity index (χ4v) is 1.19. The highest BCUT2D eigenvalue weighted by Gasteiger charge is 2.08. The lowest BCUT2D eigenvalue weighted by atomic mass is 10.2. The molecular weight excluding hydrogens is 220 g/mol. The van der Waals surface area contributed by atoms with Gasteiger partial charge in [0, 0.05) is 13.1 Å². The molecule has 6 nitrogen and oxygen atoms in total. The molecule has 1 amide bonds. The van der Waals surface area contributed by atoms with Gasteiger partial charge in [-0.25, -0.2) is 9.62 Å². The van der Waals surface area contributed by atoms with Gasteiger partial charge in [0.05, 0.1) is 0 Å². The maximum atomic E-state index is 10.9. The molecule has 0 aliphatic carbocycles. The summed E-state index contributed by atoms with van der Waals surface area (Å²) in [7, 11) is 0. The van der Waals surface area contributed by atoms with E-state index in [-0.39, 0.29) is 17.5 Å². The molecule has 0 saturated carbocycles. The molecule has 0 bridgehead atoms. The molecule has 1 heterocycles. The molecule has 1 N–H and O–H groups in total. The van der Waals surface area contributed by atoms with E-state index < -0.39 is 0 Å².